The number of benzene rings is 1. The van der Waals surface area contributed by atoms with Gasteiger partial charge in [0.15, 0.2) is 0 Å². The summed E-state index contributed by atoms with van der Waals surface area (Å²) < 4.78 is 5.44. The lowest BCUT2D eigenvalue weighted by Gasteiger charge is -2.36. The van der Waals surface area contributed by atoms with Crippen LogP contribution in [0.4, 0.5) is 9.59 Å². The van der Waals surface area contributed by atoms with Gasteiger partial charge >= 0.3 is 18.0 Å². The van der Waals surface area contributed by atoms with Gasteiger partial charge in [-0.25, -0.2) is 14.4 Å². The first-order valence-electron chi connectivity index (χ1n) is 12.6. The number of urea groups is 2. The predicted molar refractivity (Wildman–Crippen MR) is 135 cm³/mol. The molecule has 35 heavy (non-hydrogen) atoms. The van der Waals surface area contributed by atoms with E-state index in [9.17, 15) is 14.4 Å². The minimum atomic E-state index is -0.590. The van der Waals surface area contributed by atoms with Gasteiger partial charge in [-0.1, -0.05) is 38.1 Å². The van der Waals surface area contributed by atoms with Gasteiger partial charge in [0, 0.05) is 52.0 Å². The molecule has 9 heteroatoms. The van der Waals surface area contributed by atoms with Crippen molar-refractivity contribution in [3.05, 3.63) is 46.7 Å². The monoisotopic (exact) mass is 485 g/mol. The minimum Gasteiger partial charge on any atom is -0.463 e. The van der Waals surface area contributed by atoms with E-state index in [4.69, 9.17) is 4.74 Å². The van der Waals surface area contributed by atoms with Crippen molar-refractivity contribution in [2.45, 2.75) is 46.1 Å². The number of rotatable bonds is 7. The van der Waals surface area contributed by atoms with Crippen LogP contribution >= 0.6 is 0 Å². The van der Waals surface area contributed by atoms with Crippen LogP contribution in [0.15, 0.2) is 35.5 Å². The Balaban J connectivity index is 1.92. The molecule has 2 aliphatic heterocycles. The van der Waals surface area contributed by atoms with Crippen molar-refractivity contribution >= 4 is 18.0 Å². The molecular formula is C26H39N5O4. The standard InChI is InChI=1S/C26H39N5O4/c1-6-27-25(33)31-14-8-13-30(15-16-31)17-21-22(24(32)35-7-2)23(28-26(34)29(21)5)20-11-9-19(10-12-20)18(3)4/h9-12,18,23H,6-8,13-17H2,1-5H3,(H,27,33)(H,28,34)/t23-/m1/s1. The Morgan fingerprint density at radius 1 is 1.11 bits per heavy atom. The van der Waals surface area contributed by atoms with Crippen molar-refractivity contribution in [1.29, 1.82) is 0 Å². The second kappa shape index (κ2) is 12.1. The van der Waals surface area contributed by atoms with Crippen LogP contribution in [0, 0.1) is 0 Å². The lowest BCUT2D eigenvalue weighted by atomic mass is 9.92. The Kier molecular flexibility index (Phi) is 9.14. The van der Waals surface area contributed by atoms with Crippen LogP contribution in [0.3, 0.4) is 0 Å². The fourth-order valence-electron chi connectivity index (χ4n) is 4.53. The van der Waals surface area contributed by atoms with Crippen LogP contribution in [0.1, 0.15) is 57.2 Å². The molecule has 0 bridgehead atoms. The maximum Gasteiger partial charge on any atom is 0.338 e. The minimum absolute atomic E-state index is 0.0557. The molecule has 0 radical (unpaired) electrons. The first kappa shape index (κ1) is 26.5. The molecule has 0 unspecified atom stereocenters. The lowest BCUT2D eigenvalue weighted by molar-refractivity contribution is -0.139. The van der Waals surface area contributed by atoms with Crippen LogP contribution < -0.4 is 10.6 Å². The highest BCUT2D eigenvalue weighted by molar-refractivity contribution is 5.95. The van der Waals surface area contributed by atoms with Crippen molar-refractivity contribution in [3.8, 4) is 0 Å². The molecule has 0 saturated carbocycles. The molecule has 1 fully saturated rings. The molecule has 1 saturated heterocycles. The molecule has 2 aliphatic rings. The number of nitrogens with zero attached hydrogens (tertiary/aromatic N) is 3. The number of likely N-dealkylation sites (N-methyl/N-ethyl adjacent to an activating group) is 1. The van der Waals surface area contributed by atoms with E-state index in [1.807, 2.05) is 36.1 Å². The number of esters is 1. The maximum atomic E-state index is 13.2. The Morgan fingerprint density at radius 2 is 1.83 bits per heavy atom. The molecule has 2 heterocycles. The van der Waals surface area contributed by atoms with E-state index in [0.29, 0.717) is 49.9 Å². The summed E-state index contributed by atoms with van der Waals surface area (Å²) in [4.78, 5) is 44.0. The largest absolute Gasteiger partial charge is 0.463 e. The van der Waals surface area contributed by atoms with E-state index in [0.717, 1.165) is 18.5 Å². The SMILES string of the molecule is CCNC(=O)N1CCCN(CC2=C(C(=O)OCC)[C@@H](c3ccc(C(C)C)cc3)NC(=O)N2C)CC1. The van der Waals surface area contributed by atoms with Gasteiger partial charge in [0.25, 0.3) is 0 Å². The van der Waals surface area contributed by atoms with E-state index < -0.39 is 12.0 Å². The molecule has 0 spiro atoms. The van der Waals surface area contributed by atoms with Crippen LogP contribution in [0.5, 0.6) is 0 Å². The first-order chi connectivity index (χ1) is 16.8. The van der Waals surface area contributed by atoms with Gasteiger partial charge in [0.2, 0.25) is 0 Å². The van der Waals surface area contributed by atoms with Gasteiger partial charge in [0.1, 0.15) is 0 Å². The van der Waals surface area contributed by atoms with Gasteiger partial charge in [-0.3, -0.25) is 9.80 Å². The normalized spacial score (nSPS) is 19.5. The van der Waals surface area contributed by atoms with Crippen LogP contribution in [0.2, 0.25) is 0 Å². The van der Waals surface area contributed by atoms with E-state index in [1.165, 1.54) is 10.5 Å². The molecule has 1 atom stereocenters. The molecule has 4 amide bonds. The third-order valence-corrected chi connectivity index (χ3v) is 6.59. The summed E-state index contributed by atoms with van der Waals surface area (Å²) in [6.07, 6.45) is 0.815. The number of nitrogens with one attached hydrogen (secondary N) is 2. The summed E-state index contributed by atoms with van der Waals surface area (Å²) in [5.41, 5.74) is 3.12. The molecular weight excluding hydrogens is 446 g/mol. The van der Waals surface area contributed by atoms with E-state index in [1.54, 1.807) is 14.0 Å². The summed E-state index contributed by atoms with van der Waals surface area (Å²) in [5.74, 6) is -0.0418. The molecule has 192 valence electrons. The van der Waals surface area contributed by atoms with Crippen molar-refractivity contribution in [2.24, 2.45) is 0 Å². The third kappa shape index (κ3) is 6.33. The zero-order valence-corrected chi connectivity index (χ0v) is 21.6. The second-order valence-corrected chi connectivity index (χ2v) is 9.30. The highest BCUT2D eigenvalue weighted by Crippen LogP contribution is 2.32. The summed E-state index contributed by atoms with van der Waals surface area (Å²) in [7, 11) is 1.68. The molecule has 1 aromatic carbocycles. The number of ether oxygens (including phenoxy) is 1. The number of amides is 4. The summed E-state index contributed by atoms with van der Waals surface area (Å²) in [6.45, 7) is 11.9. The zero-order chi connectivity index (χ0) is 25.5. The highest BCUT2D eigenvalue weighted by Gasteiger charge is 2.37. The molecule has 0 aromatic heterocycles. The maximum absolute atomic E-state index is 13.2. The van der Waals surface area contributed by atoms with Crippen molar-refractivity contribution < 1.29 is 19.1 Å². The lowest BCUT2D eigenvalue weighted by Crippen LogP contribution is -2.49. The van der Waals surface area contributed by atoms with Crippen molar-refractivity contribution in [1.82, 2.24) is 25.3 Å². The Hall–Kier alpha value is -3.07. The highest BCUT2D eigenvalue weighted by atomic mass is 16.5. The zero-order valence-electron chi connectivity index (χ0n) is 21.6. The number of carbonyl (C=O) groups is 3. The topological polar surface area (TPSA) is 94.2 Å². The molecule has 1 aromatic rings. The quantitative estimate of drug-likeness (QED) is 0.579. The number of hydrogen-bond donors (Lipinski definition) is 2. The average molecular weight is 486 g/mol. The van der Waals surface area contributed by atoms with Gasteiger partial charge in [-0.2, -0.15) is 0 Å². The number of hydrogen-bond acceptors (Lipinski definition) is 5. The van der Waals surface area contributed by atoms with Crippen LogP contribution in [0.25, 0.3) is 0 Å². The van der Waals surface area contributed by atoms with Gasteiger partial charge in [-0.05, 0) is 37.3 Å². The van der Waals surface area contributed by atoms with Gasteiger partial charge in [-0.15, -0.1) is 0 Å². The smallest absolute Gasteiger partial charge is 0.338 e. The molecule has 3 rings (SSSR count). The van der Waals surface area contributed by atoms with E-state index in [2.05, 4.69) is 29.4 Å². The predicted octanol–water partition coefficient (Wildman–Crippen LogP) is 3.06. The third-order valence-electron chi connectivity index (χ3n) is 6.59. The summed E-state index contributed by atoms with van der Waals surface area (Å²) >= 11 is 0. The fourth-order valence-corrected chi connectivity index (χ4v) is 4.53. The molecule has 0 aliphatic carbocycles. The Morgan fingerprint density at radius 3 is 2.46 bits per heavy atom. The van der Waals surface area contributed by atoms with Crippen molar-refractivity contribution in [3.63, 3.8) is 0 Å². The van der Waals surface area contributed by atoms with Crippen LogP contribution in [-0.4, -0.2) is 85.7 Å². The van der Waals surface area contributed by atoms with Gasteiger partial charge < -0.3 is 20.3 Å². The molecule has 9 nitrogen and oxygen atoms in total. The summed E-state index contributed by atoms with van der Waals surface area (Å²) in [6, 6.07) is 7.12. The van der Waals surface area contributed by atoms with E-state index in [-0.39, 0.29) is 18.7 Å². The Bertz CT molecular complexity index is 944. The number of carbonyl (C=O) groups excluding carboxylic acids is 3. The molecule has 2 N–H and O–H groups in total. The first-order valence-corrected chi connectivity index (χ1v) is 12.6. The van der Waals surface area contributed by atoms with Crippen LogP contribution in [-0.2, 0) is 9.53 Å². The second-order valence-electron chi connectivity index (χ2n) is 9.30. The van der Waals surface area contributed by atoms with Crippen molar-refractivity contribution in [2.75, 3.05) is 52.9 Å². The summed E-state index contributed by atoms with van der Waals surface area (Å²) in [5, 5.41) is 5.84. The van der Waals surface area contributed by atoms with Gasteiger partial charge in [0.05, 0.1) is 18.2 Å². The fraction of sp³-hybridized carbons (Fsp3) is 0.577. The average Bonchev–Trinajstić information content (AvgIpc) is 3.08. The van der Waals surface area contributed by atoms with E-state index >= 15 is 0 Å². The Labute approximate surface area is 208 Å².